The summed E-state index contributed by atoms with van der Waals surface area (Å²) in [6.07, 6.45) is 1.75. The van der Waals surface area contributed by atoms with E-state index in [2.05, 4.69) is 0 Å². The zero-order valence-corrected chi connectivity index (χ0v) is 13.2. The van der Waals surface area contributed by atoms with E-state index < -0.39 is 5.76 Å². The SMILES string of the molecule is CN(Cc1ccco1)C(=O)CCn1c(=O)oc2cc(Cl)ccc21. The van der Waals surface area contributed by atoms with Gasteiger partial charge in [-0.3, -0.25) is 9.36 Å². The Morgan fingerprint density at radius 3 is 2.91 bits per heavy atom. The van der Waals surface area contributed by atoms with E-state index in [1.54, 1.807) is 42.5 Å². The lowest BCUT2D eigenvalue weighted by Gasteiger charge is -2.15. The van der Waals surface area contributed by atoms with Gasteiger partial charge in [-0.2, -0.15) is 0 Å². The Morgan fingerprint density at radius 2 is 2.17 bits per heavy atom. The summed E-state index contributed by atoms with van der Waals surface area (Å²) < 4.78 is 11.8. The summed E-state index contributed by atoms with van der Waals surface area (Å²) in [4.78, 5) is 25.6. The first-order valence-corrected chi connectivity index (χ1v) is 7.47. The van der Waals surface area contributed by atoms with Gasteiger partial charge in [0.15, 0.2) is 5.58 Å². The van der Waals surface area contributed by atoms with E-state index >= 15 is 0 Å². The Labute approximate surface area is 136 Å². The third kappa shape index (κ3) is 3.32. The lowest BCUT2D eigenvalue weighted by molar-refractivity contribution is -0.130. The van der Waals surface area contributed by atoms with E-state index in [9.17, 15) is 9.59 Å². The van der Waals surface area contributed by atoms with E-state index in [4.69, 9.17) is 20.4 Å². The van der Waals surface area contributed by atoms with E-state index in [0.29, 0.717) is 28.4 Å². The molecule has 7 heteroatoms. The number of halogens is 1. The number of furan rings is 1. The molecular weight excluding hydrogens is 320 g/mol. The van der Waals surface area contributed by atoms with Crippen LogP contribution >= 0.6 is 11.6 Å². The predicted molar refractivity (Wildman–Crippen MR) is 85.3 cm³/mol. The molecule has 0 N–H and O–H groups in total. The van der Waals surface area contributed by atoms with Crippen LogP contribution in [-0.4, -0.2) is 22.4 Å². The smallest absolute Gasteiger partial charge is 0.419 e. The predicted octanol–water partition coefficient (Wildman–Crippen LogP) is 2.89. The van der Waals surface area contributed by atoms with E-state index in [-0.39, 0.29) is 18.9 Å². The van der Waals surface area contributed by atoms with Gasteiger partial charge in [-0.25, -0.2) is 4.79 Å². The highest BCUT2D eigenvalue weighted by atomic mass is 35.5. The van der Waals surface area contributed by atoms with Crippen LogP contribution in [-0.2, 0) is 17.9 Å². The molecule has 1 aromatic carbocycles. The molecule has 120 valence electrons. The van der Waals surface area contributed by atoms with Crippen molar-refractivity contribution >= 4 is 28.6 Å². The maximum absolute atomic E-state index is 12.2. The minimum Gasteiger partial charge on any atom is -0.467 e. The highest BCUT2D eigenvalue weighted by Crippen LogP contribution is 2.18. The standard InChI is InChI=1S/C16H15ClN2O4/c1-18(10-12-3-2-8-22-12)15(20)6-7-19-13-5-4-11(17)9-14(13)23-16(19)21/h2-5,8-9H,6-7,10H2,1H3. The summed E-state index contributed by atoms with van der Waals surface area (Å²) >= 11 is 5.88. The highest BCUT2D eigenvalue weighted by molar-refractivity contribution is 6.31. The monoisotopic (exact) mass is 334 g/mol. The minimum absolute atomic E-state index is 0.0865. The molecule has 3 aromatic rings. The number of rotatable bonds is 5. The van der Waals surface area contributed by atoms with Gasteiger partial charge in [-0.1, -0.05) is 11.6 Å². The second-order valence-corrected chi connectivity index (χ2v) is 5.65. The maximum atomic E-state index is 12.2. The molecule has 23 heavy (non-hydrogen) atoms. The van der Waals surface area contributed by atoms with Gasteiger partial charge >= 0.3 is 5.76 Å². The Hall–Kier alpha value is -2.47. The number of hydrogen-bond donors (Lipinski definition) is 0. The fraction of sp³-hybridized carbons (Fsp3) is 0.250. The number of aryl methyl sites for hydroxylation is 1. The van der Waals surface area contributed by atoms with Crippen LogP contribution in [0.3, 0.4) is 0 Å². The Bertz CT molecular complexity index is 879. The van der Waals surface area contributed by atoms with Crippen molar-refractivity contribution in [3.05, 3.63) is 57.9 Å². The molecule has 0 radical (unpaired) electrons. The Balaban J connectivity index is 1.69. The van der Waals surface area contributed by atoms with Crippen LogP contribution in [0.4, 0.5) is 0 Å². The first-order valence-electron chi connectivity index (χ1n) is 7.10. The number of nitrogens with zero attached hydrogens (tertiary/aromatic N) is 2. The summed E-state index contributed by atoms with van der Waals surface area (Å²) in [7, 11) is 1.70. The van der Waals surface area contributed by atoms with Crippen LogP contribution < -0.4 is 5.76 Å². The topological polar surface area (TPSA) is 68.6 Å². The fourth-order valence-electron chi connectivity index (χ4n) is 2.37. The number of carbonyl (C=O) groups excluding carboxylic acids is 1. The zero-order valence-electron chi connectivity index (χ0n) is 12.5. The third-order valence-electron chi connectivity index (χ3n) is 3.58. The Kier molecular flexibility index (Phi) is 4.25. The molecule has 1 amide bonds. The van der Waals surface area contributed by atoms with Gasteiger partial charge in [0.1, 0.15) is 5.76 Å². The molecule has 6 nitrogen and oxygen atoms in total. The number of carbonyl (C=O) groups is 1. The number of amides is 1. The van der Waals surface area contributed by atoms with E-state index in [1.165, 1.54) is 4.57 Å². The molecule has 0 aliphatic heterocycles. The van der Waals surface area contributed by atoms with Crippen molar-refractivity contribution < 1.29 is 13.6 Å². The molecule has 0 bridgehead atoms. The van der Waals surface area contributed by atoms with Crippen molar-refractivity contribution in [3.8, 4) is 0 Å². The van der Waals surface area contributed by atoms with E-state index in [0.717, 1.165) is 0 Å². The quantitative estimate of drug-likeness (QED) is 0.719. The number of hydrogen-bond acceptors (Lipinski definition) is 4. The van der Waals surface area contributed by atoms with Gasteiger partial charge in [0.2, 0.25) is 5.91 Å². The van der Waals surface area contributed by atoms with Crippen molar-refractivity contribution in [2.75, 3.05) is 7.05 Å². The van der Waals surface area contributed by atoms with Gasteiger partial charge in [-0.05, 0) is 24.3 Å². The number of aromatic nitrogens is 1. The summed E-state index contributed by atoms with van der Waals surface area (Å²) in [6, 6.07) is 8.55. The molecule has 0 atom stereocenters. The summed E-state index contributed by atoms with van der Waals surface area (Å²) in [5.41, 5.74) is 1.04. The Morgan fingerprint density at radius 1 is 1.35 bits per heavy atom. The summed E-state index contributed by atoms with van der Waals surface area (Å²) in [5, 5.41) is 0.493. The van der Waals surface area contributed by atoms with Gasteiger partial charge in [0.05, 0.1) is 18.3 Å². The molecule has 0 spiro atoms. The van der Waals surface area contributed by atoms with Crippen molar-refractivity contribution in [2.45, 2.75) is 19.5 Å². The zero-order chi connectivity index (χ0) is 16.4. The minimum atomic E-state index is -0.497. The van der Waals surface area contributed by atoms with Gasteiger partial charge in [-0.15, -0.1) is 0 Å². The highest BCUT2D eigenvalue weighted by Gasteiger charge is 2.14. The first-order chi connectivity index (χ1) is 11.0. The molecule has 0 unspecified atom stereocenters. The molecule has 3 rings (SSSR count). The number of oxazole rings is 1. The normalized spacial score (nSPS) is 11.0. The third-order valence-corrected chi connectivity index (χ3v) is 3.81. The fourth-order valence-corrected chi connectivity index (χ4v) is 2.54. The molecule has 0 saturated carbocycles. The molecule has 0 saturated heterocycles. The number of benzene rings is 1. The van der Waals surface area contributed by atoms with Crippen LogP contribution in [0.1, 0.15) is 12.2 Å². The average molecular weight is 335 g/mol. The van der Waals surface area contributed by atoms with Crippen LogP contribution in [0.15, 0.2) is 50.2 Å². The van der Waals surface area contributed by atoms with Crippen LogP contribution in [0.25, 0.3) is 11.1 Å². The number of fused-ring (bicyclic) bond motifs is 1. The molecule has 2 heterocycles. The van der Waals surface area contributed by atoms with Crippen molar-refractivity contribution in [1.82, 2.24) is 9.47 Å². The molecule has 2 aromatic heterocycles. The van der Waals surface area contributed by atoms with Crippen LogP contribution in [0, 0.1) is 0 Å². The van der Waals surface area contributed by atoms with Crippen molar-refractivity contribution in [1.29, 1.82) is 0 Å². The van der Waals surface area contributed by atoms with Crippen molar-refractivity contribution in [3.63, 3.8) is 0 Å². The van der Waals surface area contributed by atoms with Gasteiger partial charge in [0.25, 0.3) is 0 Å². The lowest BCUT2D eigenvalue weighted by Crippen LogP contribution is -2.28. The van der Waals surface area contributed by atoms with Crippen LogP contribution in [0.5, 0.6) is 0 Å². The van der Waals surface area contributed by atoms with E-state index in [1.807, 2.05) is 6.07 Å². The maximum Gasteiger partial charge on any atom is 0.419 e. The molecule has 0 aliphatic rings. The average Bonchev–Trinajstić information content (AvgIpc) is 3.11. The van der Waals surface area contributed by atoms with Gasteiger partial charge in [0, 0.05) is 31.1 Å². The lowest BCUT2D eigenvalue weighted by atomic mass is 10.3. The molecule has 0 fully saturated rings. The largest absolute Gasteiger partial charge is 0.467 e. The second-order valence-electron chi connectivity index (χ2n) is 5.21. The summed E-state index contributed by atoms with van der Waals surface area (Å²) in [6.45, 7) is 0.636. The molecular formula is C16H15ClN2O4. The summed E-state index contributed by atoms with van der Waals surface area (Å²) in [5.74, 6) is 0.127. The van der Waals surface area contributed by atoms with Crippen molar-refractivity contribution in [2.24, 2.45) is 0 Å². The van der Waals surface area contributed by atoms with Gasteiger partial charge < -0.3 is 13.7 Å². The first kappa shape index (κ1) is 15.4. The second kappa shape index (κ2) is 6.34. The molecule has 0 aliphatic carbocycles. The van der Waals surface area contributed by atoms with Crippen LogP contribution in [0.2, 0.25) is 5.02 Å².